The van der Waals surface area contributed by atoms with E-state index >= 15 is 0 Å². The number of halogens is 1. The van der Waals surface area contributed by atoms with Crippen molar-refractivity contribution < 1.29 is 4.74 Å². The van der Waals surface area contributed by atoms with Gasteiger partial charge in [-0.2, -0.15) is 0 Å². The third-order valence-electron chi connectivity index (χ3n) is 3.72. The van der Waals surface area contributed by atoms with Crippen LogP contribution in [0.25, 0.3) is 0 Å². The average Bonchev–Trinajstić information content (AvgIpc) is 2.79. The number of hydrogen-bond donors (Lipinski definition) is 1. The highest BCUT2D eigenvalue weighted by atomic mass is 79.9. The summed E-state index contributed by atoms with van der Waals surface area (Å²) in [5.41, 5.74) is 3.94. The molecule has 2 aromatic rings. The van der Waals surface area contributed by atoms with Gasteiger partial charge in [0.15, 0.2) is 0 Å². The Morgan fingerprint density at radius 1 is 1.35 bits per heavy atom. The molecule has 106 valence electrons. The van der Waals surface area contributed by atoms with E-state index in [0.29, 0.717) is 0 Å². The van der Waals surface area contributed by atoms with Crippen LogP contribution in [-0.2, 0) is 6.42 Å². The number of rotatable bonds is 3. The van der Waals surface area contributed by atoms with Crippen molar-refractivity contribution in [1.29, 1.82) is 0 Å². The van der Waals surface area contributed by atoms with Crippen molar-refractivity contribution in [3.05, 3.63) is 49.6 Å². The van der Waals surface area contributed by atoms with Gasteiger partial charge in [-0.1, -0.05) is 12.1 Å². The molecule has 0 aliphatic carbocycles. The lowest BCUT2D eigenvalue weighted by Gasteiger charge is -2.21. The first kappa shape index (κ1) is 14.1. The smallest absolute Gasteiger partial charge is 0.122 e. The fraction of sp³-hybridized carbons (Fsp3) is 0.375. The highest BCUT2D eigenvalue weighted by Gasteiger charge is 2.18. The number of ether oxygens (including phenoxy) is 1. The van der Waals surface area contributed by atoms with E-state index in [1.54, 1.807) is 11.3 Å². The number of aryl methyl sites for hydroxylation is 2. The lowest BCUT2D eigenvalue weighted by molar-refractivity contribution is 0.288. The fourth-order valence-corrected chi connectivity index (χ4v) is 4.37. The van der Waals surface area contributed by atoms with E-state index in [2.05, 4.69) is 52.4 Å². The highest BCUT2D eigenvalue weighted by Crippen LogP contribution is 2.36. The third kappa shape index (κ3) is 2.65. The molecule has 1 aromatic carbocycles. The molecule has 0 bridgehead atoms. The molecule has 0 radical (unpaired) electrons. The maximum Gasteiger partial charge on any atom is 0.122 e. The topological polar surface area (TPSA) is 21.3 Å². The zero-order valence-electron chi connectivity index (χ0n) is 11.7. The van der Waals surface area contributed by atoms with Crippen LogP contribution in [0.15, 0.2) is 28.1 Å². The van der Waals surface area contributed by atoms with Gasteiger partial charge in [0.05, 0.1) is 16.4 Å². The minimum absolute atomic E-state index is 0.247. The van der Waals surface area contributed by atoms with Crippen LogP contribution in [0.3, 0.4) is 0 Å². The molecule has 2 heterocycles. The summed E-state index contributed by atoms with van der Waals surface area (Å²) in [5.74, 6) is 1.05. The predicted octanol–water partition coefficient (Wildman–Crippen LogP) is 4.45. The van der Waals surface area contributed by atoms with Crippen LogP contribution in [0.2, 0.25) is 0 Å². The van der Waals surface area contributed by atoms with Gasteiger partial charge >= 0.3 is 0 Å². The number of fused-ring (bicyclic) bond motifs is 1. The van der Waals surface area contributed by atoms with Crippen molar-refractivity contribution >= 4 is 27.3 Å². The van der Waals surface area contributed by atoms with Crippen molar-refractivity contribution in [3.8, 4) is 5.75 Å². The van der Waals surface area contributed by atoms with Gasteiger partial charge < -0.3 is 10.1 Å². The molecule has 1 aromatic heterocycles. The number of hydrogen-bond acceptors (Lipinski definition) is 3. The lowest BCUT2D eigenvalue weighted by Crippen LogP contribution is -2.17. The number of thiophene rings is 1. The van der Waals surface area contributed by atoms with Crippen LogP contribution in [0.5, 0.6) is 5.75 Å². The first-order chi connectivity index (χ1) is 9.69. The predicted molar refractivity (Wildman–Crippen MR) is 87.9 cm³/mol. The van der Waals surface area contributed by atoms with Gasteiger partial charge in [-0.15, -0.1) is 11.3 Å². The monoisotopic (exact) mass is 351 g/mol. The molecule has 2 nitrogen and oxygen atoms in total. The van der Waals surface area contributed by atoms with Crippen LogP contribution in [-0.4, -0.2) is 13.7 Å². The van der Waals surface area contributed by atoms with Gasteiger partial charge in [0, 0.05) is 4.88 Å². The van der Waals surface area contributed by atoms with Gasteiger partial charge in [0.25, 0.3) is 0 Å². The Labute approximate surface area is 132 Å². The van der Waals surface area contributed by atoms with Crippen molar-refractivity contribution in [2.45, 2.75) is 25.8 Å². The van der Waals surface area contributed by atoms with E-state index in [-0.39, 0.29) is 6.04 Å². The second-order valence-corrected chi connectivity index (χ2v) is 7.55. The van der Waals surface area contributed by atoms with Crippen molar-refractivity contribution in [2.75, 3.05) is 13.7 Å². The fourth-order valence-electron chi connectivity index (χ4n) is 2.66. The molecular weight excluding hydrogens is 334 g/mol. The average molecular weight is 352 g/mol. The normalized spacial score (nSPS) is 15.6. The summed E-state index contributed by atoms with van der Waals surface area (Å²) in [6.45, 7) is 2.98. The summed E-state index contributed by atoms with van der Waals surface area (Å²) in [6.07, 6.45) is 2.23. The molecule has 0 saturated carbocycles. The van der Waals surface area contributed by atoms with Gasteiger partial charge in [0.1, 0.15) is 5.75 Å². The summed E-state index contributed by atoms with van der Waals surface area (Å²) in [6, 6.07) is 9.08. The maximum atomic E-state index is 5.70. The summed E-state index contributed by atoms with van der Waals surface area (Å²) >= 11 is 5.42. The first-order valence-corrected chi connectivity index (χ1v) is 8.48. The molecule has 3 rings (SSSR count). The molecule has 20 heavy (non-hydrogen) atoms. The molecule has 1 atom stereocenters. The quantitative estimate of drug-likeness (QED) is 0.881. The van der Waals surface area contributed by atoms with Crippen molar-refractivity contribution in [2.24, 2.45) is 0 Å². The number of nitrogens with one attached hydrogen (secondary N) is 1. The van der Waals surface area contributed by atoms with Crippen molar-refractivity contribution in [3.63, 3.8) is 0 Å². The Morgan fingerprint density at radius 3 is 2.90 bits per heavy atom. The lowest BCUT2D eigenvalue weighted by atomic mass is 9.98. The minimum Gasteiger partial charge on any atom is -0.493 e. The second kappa shape index (κ2) is 5.88. The Hall–Kier alpha value is -0.840. The first-order valence-electron chi connectivity index (χ1n) is 6.87. The maximum absolute atomic E-state index is 5.70. The van der Waals surface area contributed by atoms with Crippen LogP contribution in [0, 0.1) is 6.92 Å². The third-order valence-corrected chi connectivity index (χ3v) is 5.92. The molecule has 0 fully saturated rings. The largest absolute Gasteiger partial charge is 0.493 e. The second-order valence-electron chi connectivity index (χ2n) is 5.15. The van der Waals surface area contributed by atoms with E-state index in [9.17, 15) is 0 Å². The molecule has 1 unspecified atom stereocenters. The van der Waals surface area contributed by atoms with Gasteiger partial charge in [-0.05, 0) is 71.6 Å². The molecule has 1 N–H and O–H groups in total. The van der Waals surface area contributed by atoms with E-state index in [4.69, 9.17) is 4.74 Å². The summed E-state index contributed by atoms with van der Waals surface area (Å²) < 4.78 is 6.91. The Bertz CT molecular complexity index is 603. The Balaban J connectivity index is 1.96. The molecule has 0 amide bonds. The standard InChI is InChI=1S/C16H18BrNOS/c1-10-8-14(20-16(10)17)15(18-2)12-5-6-13-11(9-12)4-3-7-19-13/h5-6,8-9,15,18H,3-4,7H2,1-2H3. The molecule has 1 aliphatic heterocycles. The van der Waals surface area contributed by atoms with Crippen LogP contribution in [0.1, 0.15) is 34.0 Å². The Kier molecular flexibility index (Phi) is 4.15. The number of benzene rings is 1. The highest BCUT2D eigenvalue weighted by molar-refractivity contribution is 9.11. The van der Waals surface area contributed by atoms with Crippen molar-refractivity contribution in [1.82, 2.24) is 5.32 Å². The Morgan fingerprint density at radius 2 is 2.20 bits per heavy atom. The van der Waals surface area contributed by atoms with E-state index in [1.165, 1.54) is 25.4 Å². The summed E-state index contributed by atoms with van der Waals surface area (Å²) in [4.78, 5) is 1.34. The van der Waals surface area contributed by atoms with Gasteiger partial charge in [-0.25, -0.2) is 0 Å². The van der Waals surface area contributed by atoms with Gasteiger partial charge in [0.2, 0.25) is 0 Å². The van der Waals surface area contributed by atoms with Gasteiger partial charge in [-0.3, -0.25) is 0 Å². The van der Waals surface area contributed by atoms with Crippen LogP contribution >= 0.6 is 27.3 Å². The summed E-state index contributed by atoms with van der Waals surface area (Å²) in [7, 11) is 2.02. The summed E-state index contributed by atoms with van der Waals surface area (Å²) in [5, 5.41) is 3.43. The molecule has 4 heteroatoms. The van der Waals surface area contributed by atoms with E-state index in [0.717, 1.165) is 25.2 Å². The van der Waals surface area contributed by atoms with Crippen LogP contribution in [0.4, 0.5) is 0 Å². The molecule has 0 spiro atoms. The molecule has 1 aliphatic rings. The molecule has 0 saturated heterocycles. The zero-order chi connectivity index (χ0) is 14.1. The molecular formula is C16H18BrNOS. The SMILES string of the molecule is CNC(c1ccc2c(c1)CCCO2)c1cc(C)c(Br)s1. The minimum atomic E-state index is 0.247. The van der Waals surface area contributed by atoms with E-state index < -0.39 is 0 Å². The van der Waals surface area contributed by atoms with E-state index in [1.807, 2.05) is 7.05 Å². The van der Waals surface area contributed by atoms with Crippen LogP contribution < -0.4 is 10.1 Å². The zero-order valence-corrected chi connectivity index (χ0v) is 14.1.